The molecule has 0 aliphatic carbocycles. The summed E-state index contributed by atoms with van der Waals surface area (Å²) in [6, 6.07) is 8.47. The monoisotopic (exact) mass is 291 g/mol. The summed E-state index contributed by atoms with van der Waals surface area (Å²) in [6.07, 6.45) is 0. The number of carbonyl (C=O) groups is 1. The first-order valence-corrected chi connectivity index (χ1v) is 7.71. The van der Waals surface area contributed by atoms with Crippen molar-refractivity contribution in [3.05, 3.63) is 29.8 Å². The Balaban J connectivity index is 2.50. The summed E-state index contributed by atoms with van der Waals surface area (Å²) in [6.45, 7) is 12.2. The van der Waals surface area contributed by atoms with Gasteiger partial charge < -0.3 is 11.1 Å². The Kier molecular flexibility index (Phi) is 6.69. The summed E-state index contributed by atoms with van der Waals surface area (Å²) in [4.78, 5) is 14.6. The number of nitrogens with zero attached hydrogens (tertiary/aromatic N) is 1. The minimum absolute atomic E-state index is 0.0491. The standard InChI is InChI=1S/C17H29N3O/c1-12(2)20(13(3)4)10-9-19-17(21)14(5)15-7-6-8-16(18)11-15/h6-8,11-14H,9-10,18H2,1-5H3,(H,19,21). The molecule has 1 aromatic rings. The maximum atomic E-state index is 12.2. The van der Waals surface area contributed by atoms with Crippen LogP contribution in [0.4, 0.5) is 5.69 Å². The molecule has 0 spiro atoms. The molecule has 1 unspecified atom stereocenters. The Morgan fingerprint density at radius 1 is 1.19 bits per heavy atom. The molecule has 4 nitrogen and oxygen atoms in total. The fourth-order valence-corrected chi connectivity index (χ4v) is 2.55. The van der Waals surface area contributed by atoms with Crippen LogP contribution in [0, 0.1) is 0 Å². The van der Waals surface area contributed by atoms with E-state index in [2.05, 4.69) is 37.9 Å². The number of hydrogen-bond acceptors (Lipinski definition) is 3. The van der Waals surface area contributed by atoms with Gasteiger partial charge in [-0.25, -0.2) is 0 Å². The van der Waals surface area contributed by atoms with Gasteiger partial charge in [0, 0.05) is 30.9 Å². The molecule has 0 saturated heterocycles. The van der Waals surface area contributed by atoms with Crippen LogP contribution in [0.2, 0.25) is 0 Å². The SMILES string of the molecule is CC(C(=O)NCCN(C(C)C)C(C)C)c1cccc(N)c1. The van der Waals surface area contributed by atoms with E-state index < -0.39 is 0 Å². The van der Waals surface area contributed by atoms with Gasteiger partial charge in [-0.2, -0.15) is 0 Å². The highest BCUT2D eigenvalue weighted by atomic mass is 16.1. The lowest BCUT2D eigenvalue weighted by Crippen LogP contribution is -2.43. The maximum absolute atomic E-state index is 12.2. The van der Waals surface area contributed by atoms with Crippen LogP contribution in [0.3, 0.4) is 0 Å². The molecule has 0 saturated carbocycles. The molecule has 118 valence electrons. The van der Waals surface area contributed by atoms with Crippen molar-refractivity contribution in [2.24, 2.45) is 0 Å². The summed E-state index contributed by atoms with van der Waals surface area (Å²) in [5.74, 6) is -0.131. The predicted octanol–water partition coefficient (Wildman–Crippen LogP) is 2.61. The molecule has 0 bridgehead atoms. The van der Waals surface area contributed by atoms with Crippen molar-refractivity contribution in [1.82, 2.24) is 10.2 Å². The normalized spacial score (nSPS) is 13.0. The Morgan fingerprint density at radius 3 is 2.33 bits per heavy atom. The van der Waals surface area contributed by atoms with Crippen LogP contribution in [-0.2, 0) is 4.79 Å². The topological polar surface area (TPSA) is 58.4 Å². The lowest BCUT2D eigenvalue weighted by Gasteiger charge is -2.30. The molecule has 0 fully saturated rings. The van der Waals surface area contributed by atoms with Crippen LogP contribution >= 0.6 is 0 Å². The van der Waals surface area contributed by atoms with Crippen molar-refractivity contribution in [2.45, 2.75) is 52.6 Å². The van der Waals surface area contributed by atoms with Crippen LogP contribution in [0.5, 0.6) is 0 Å². The van der Waals surface area contributed by atoms with Gasteiger partial charge in [0.2, 0.25) is 5.91 Å². The van der Waals surface area contributed by atoms with Gasteiger partial charge >= 0.3 is 0 Å². The highest BCUT2D eigenvalue weighted by molar-refractivity contribution is 5.83. The highest BCUT2D eigenvalue weighted by Gasteiger charge is 2.17. The highest BCUT2D eigenvalue weighted by Crippen LogP contribution is 2.17. The number of benzene rings is 1. The van der Waals surface area contributed by atoms with Crippen molar-refractivity contribution >= 4 is 11.6 Å². The first kappa shape index (κ1) is 17.5. The molecular weight excluding hydrogens is 262 g/mol. The largest absolute Gasteiger partial charge is 0.399 e. The summed E-state index contributed by atoms with van der Waals surface area (Å²) in [5.41, 5.74) is 7.41. The number of hydrogen-bond donors (Lipinski definition) is 2. The number of nitrogens with two attached hydrogens (primary N) is 1. The molecule has 1 aromatic carbocycles. The van der Waals surface area contributed by atoms with Crippen molar-refractivity contribution in [2.75, 3.05) is 18.8 Å². The fourth-order valence-electron chi connectivity index (χ4n) is 2.55. The molecule has 0 aromatic heterocycles. The van der Waals surface area contributed by atoms with Crippen molar-refractivity contribution in [3.63, 3.8) is 0 Å². The average Bonchev–Trinajstić information content (AvgIpc) is 2.41. The van der Waals surface area contributed by atoms with E-state index in [0.717, 1.165) is 12.1 Å². The molecule has 4 heteroatoms. The van der Waals surface area contributed by atoms with Gasteiger partial charge in [0.25, 0.3) is 0 Å². The zero-order valence-corrected chi connectivity index (χ0v) is 13.9. The third-order valence-electron chi connectivity index (χ3n) is 3.80. The molecule has 3 N–H and O–H groups in total. The minimum Gasteiger partial charge on any atom is -0.399 e. The van der Waals surface area contributed by atoms with Gasteiger partial charge in [0.15, 0.2) is 0 Å². The lowest BCUT2D eigenvalue weighted by molar-refractivity contribution is -0.122. The lowest BCUT2D eigenvalue weighted by atomic mass is 10.00. The van der Waals surface area contributed by atoms with Crippen LogP contribution in [0.1, 0.15) is 46.1 Å². The van der Waals surface area contributed by atoms with E-state index in [1.54, 1.807) is 0 Å². The molecule has 0 aliphatic rings. The second kappa shape index (κ2) is 8.03. The van der Waals surface area contributed by atoms with Crippen molar-refractivity contribution < 1.29 is 4.79 Å². The summed E-state index contributed by atoms with van der Waals surface area (Å²) in [7, 11) is 0. The van der Waals surface area contributed by atoms with Gasteiger partial charge in [-0.1, -0.05) is 12.1 Å². The number of nitrogens with one attached hydrogen (secondary N) is 1. The van der Waals surface area contributed by atoms with E-state index in [1.807, 2.05) is 31.2 Å². The van der Waals surface area contributed by atoms with Gasteiger partial charge in [-0.15, -0.1) is 0 Å². The van der Waals surface area contributed by atoms with Gasteiger partial charge in [0.1, 0.15) is 0 Å². The van der Waals surface area contributed by atoms with Crippen LogP contribution < -0.4 is 11.1 Å². The van der Waals surface area contributed by atoms with Gasteiger partial charge in [-0.05, 0) is 52.3 Å². The van der Waals surface area contributed by atoms with E-state index in [9.17, 15) is 4.79 Å². The third-order valence-corrected chi connectivity index (χ3v) is 3.80. The van der Waals surface area contributed by atoms with Crippen LogP contribution in [0.25, 0.3) is 0 Å². The molecule has 1 atom stereocenters. The molecule has 1 amide bonds. The third kappa shape index (κ3) is 5.38. The zero-order chi connectivity index (χ0) is 16.0. The van der Waals surface area contributed by atoms with Gasteiger partial charge in [-0.3, -0.25) is 9.69 Å². The van der Waals surface area contributed by atoms with Gasteiger partial charge in [0.05, 0.1) is 5.92 Å². The maximum Gasteiger partial charge on any atom is 0.227 e. The van der Waals surface area contributed by atoms with E-state index in [4.69, 9.17) is 5.73 Å². The predicted molar refractivity (Wildman–Crippen MR) is 89.3 cm³/mol. The average molecular weight is 291 g/mol. The van der Waals surface area contributed by atoms with E-state index in [-0.39, 0.29) is 11.8 Å². The van der Waals surface area contributed by atoms with Crippen LogP contribution in [0.15, 0.2) is 24.3 Å². The Labute approximate surface area is 128 Å². The summed E-state index contributed by atoms with van der Waals surface area (Å²) < 4.78 is 0. The van der Waals surface area contributed by atoms with Crippen molar-refractivity contribution in [3.8, 4) is 0 Å². The molecule has 0 radical (unpaired) electrons. The Morgan fingerprint density at radius 2 is 1.81 bits per heavy atom. The second-order valence-corrected chi connectivity index (χ2v) is 6.11. The quantitative estimate of drug-likeness (QED) is 0.759. The summed E-state index contributed by atoms with van der Waals surface area (Å²) in [5, 5.41) is 3.02. The number of nitrogen functional groups attached to an aromatic ring is 1. The number of anilines is 1. The van der Waals surface area contributed by atoms with E-state index >= 15 is 0 Å². The second-order valence-electron chi connectivity index (χ2n) is 6.11. The molecular formula is C17H29N3O. The minimum atomic E-state index is -0.181. The molecule has 21 heavy (non-hydrogen) atoms. The smallest absolute Gasteiger partial charge is 0.227 e. The first-order chi connectivity index (χ1) is 9.82. The van der Waals surface area contributed by atoms with E-state index in [0.29, 0.717) is 24.3 Å². The van der Waals surface area contributed by atoms with Crippen molar-refractivity contribution in [1.29, 1.82) is 0 Å². The zero-order valence-electron chi connectivity index (χ0n) is 13.9. The number of amides is 1. The molecule has 0 aliphatic heterocycles. The Bertz CT molecular complexity index is 449. The van der Waals surface area contributed by atoms with Crippen LogP contribution in [-0.4, -0.2) is 36.0 Å². The molecule has 1 rings (SSSR count). The Hall–Kier alpha value is -1.55. The van der Waals surface area contributed by atoms with E-state index in [1.165, 1.54) is 0 Å². The molecule has 0 heterocycles. The fraction of sp³-hybridized carbons (Fsp3) is 0.588. The summed E-state index contributed by atoms with van der Waals surface area (Å²) >= 11 is 0. The number of rotatable bonds is 7. The first-order valence-electron chi connectivity index (χ1n) is 7.71. The number of carbonyl (C=O) groups excluding carboxylic acids is 1.